The van der Waals surface area contributed by atoms with E-state index in [2.05, 4.69) is 23.9 Å². The predicted octanol–water partition coefficient (Wildman–Crippen LogP) is 4.64. The fourth-order valence-corrected chi connectivity index (χ4v) is 4.89. The number of benzene rings is 2. The van der Waals surface area contributed by atoms with Gasteiger partial charge in [0.2, 0.25) is 0 Å². The Morgan fingerprint density at radius 2 is 1.16 bits per heavy atom. The highest BCUT2D eigenvalue weighted by Gasteiger charge is 2.21. The van der Waals surface area contributed by atoms with Crippen LogP contribution in [0.25, 0.3) is 0 Å². The molecule has 4 rings (SSSR count). The molecule has 2 aliphatic rings. The summed E-state index contributed by atoms with van der Waals surface area (Å²) in [5, 5.41) is 0. The third-order valence-electron chi connectivity index (χ3n) is 7.02. The van der Waals surface area contributed by atoms with Gasteiger partial charge in [0.15, 0.2) is 5.78 Å². The van der Waals surface area contributed by atoms with E-state index in [1.807, 2.05) is 48.5 Å². The van der Waals surface area contributed by atoms with Gasteiger partial charge in [-0.25, -0.2) is 0 Å². The molecule has 5 nitrogen and oxygen atoms in total. The Balaban J connectivity index is 1.23. The van der Waals surface area contributed by atoms with Crippen molar-refractivity contribution in [3.63, 3.8) is 0 Å². The van der Waals surface area contributed by atoms with Gasteiger partial charge in [0.25, 0.3) is 0 Å². The number of carbonyl (C=O) groups excluding carboxylic acids is 1. The minimum atomic E-state index is 0.0169. The third-order valence-corrected chi connectivity index (χ3v) is 7.02. The first-order valence-corrected chi connectivity index (χ1v) is 12.0. The second kappa shape index (κ2) is 11.0. The molecule has 5 heteroatoms. The molecule has 0 saturated carbocycles. The van der Waals surface area contributed by atoms with Gasteiger partial charge in [-0.05, 0) is 114 Å². The summed E-state index contributed by atoms with van der Waals surface area (Å²) in [5.74, 6) is 1.65. The molecule has 2 atom stereocenters. The Hall–Kier alpha value is -2.37. The molecule has 2 unspecified atom stereocenters. The highest BCUT2D eigenvalue weighted by Crippen LogP contribution is 2.22. The van der Waals surface area contributed by atoms with Crippen molar-refractivity contribution in [2.45, 2.75) is 50.6 Å². The molecule has 32 heavy (non-hydrogen) atoms. The zero-order valence-electron chi connectivity index (χ0n) is 19.5. The highest BCUT2D eigenvalue weighted by atomic mass is 16.5. The lowest BCUT2D eigenvalue weighted by Crippen LogP contribution is -2.26. The molecule has 0 radical (unpaired) electrons. The lowest BCUT2D eigenvalue weighted by molar-refractivity contribution is 0.103. The van der Waals surface area contributed by atoms with Crippen LogP contribution in [-0.4, -0.2) is 68.1 Å². The van der Waals surface area contributed by atoms with Crippen molar-refractivity contribution in [2.24, 2.45) is 0 Å². The molecule has 0 amide bonds. The number of ether oxygens (including phenoxy) is 2. The van der Waals surface area contributed by atoms with Crippen molar-refractivity contribution in [3.05, 3.63) is 59.7 Å². The molecule has 2 fully saturated rings. The molecule has 2 heterocycles. The third kappa shape index (κ3) is 5.90. The van der Waals surface area contributed by atoms with E-state index in [-0.39, 0.29) is 5.78 Å². The van der Waals surface area contributed by atoms with Gasteiger partial charge in [-0.3, -0.25) is 4.79 Å². The van der Waals surface area contributed by atoms with Gasteiger partial charge in [-0.2, -0.15) is 0 Å². The maximum absolute atomic E-state index is 12.8. The Morgan fingerprint density at radius 3 is 1.50 bits per heavy atom. The minimum Gasteiger partial charge on any atom is -0.494 e. The molecule has 0 N–H and O–H groups in total. The van der Waals surface area contributed by atoms with E-state index in [1.165, 1.54) is 38.8 Å². The van der Waals surface area contributed by atoms with Crippen LogP contribution in [0.1, 0.15) is 54.4 Å². The second-order valence-corrected chi connectivity index (χ2v) is 9.21. The van der Waals surface area contributed by atoms with Crippen LogP contribution >= 0.6 is 0 Å². The number of hydrogen-bond acceptors (Lipinski definition) is 5. The molecule has 0 aliphatic carbocycles. The van der Waals surface area contributed by atoms with Crippen molar-refractivity contribution in [1.29, 1.82) is 0 Å². The average molecular weight is 437 g/mol. The molecular formula is C27H36N2O3. The van der Waals surface area contributed by atoms with Crippen molar-refractivity contribution in [2.75, 3.05) is 40.4 Å². The standard InChI is InChI=1S/C27H36N2O3/c1-28-17-3-5-23(28)15-19-31-25-11-7-21(8-12-25)27(30)22-9-13-26(14-10-22)32-20-16-24-6-4-18-29(24)2/h7-14,23-24H,3-6,15-20H2,1-2H3. The van der Waals surface area contributed by atoms with E-state index < -0.39 is 0 Å². The van der Waals surface area contributed by atoms with Crippen LogP contribution in [0.5, 0.6) is 11.5 Å². The average Bonchev–Trinajstić information content (AvgIpc) is 3.42. The summed E-state index contributed by atoms with van der Waals surface area (Å²) in [4.78, 5) is 17.6. The van der Waals surface area contributed by atoms with Crippen LogP contribution in [0.2, 0.25) is 0 Å². The summed E-state index contributed by atoms with van der Waals surface area (Å²) in [5.41, 5.74) is 1.34. The first kappa shape index (κ1) is 22.8. The molecule has 0 aromatic heterocycles. The minimum absolute atomic E-state index is 0.0169. The summed E-state index contributed by atoms with van der Waals surface area (Å²) in [6.07, 6.45) is 7.17. The van der Waals surface area contributed by atoms with E-state index in [9.17, 15) is 4.79 Å². The van der Waals surface area contributed by atoms with E-state index in [0.717, 1.165) is 24.3 Å². The van der Waals surface area contributed by atoms with Crippen LogP contribution in [0.4, 0.5) is 0 Å². The van der Waals surface area contributed by atoms with E-state index >= 15 is 0 Å². The summed E-state index contributed by atoms with van der Waals surface area (Å²) < 4.78 is 11.8. The maximum atomic E-state index is 12.8. The molecule has 2 saturated heterocycles. The number of nitrogens with zero attached hydrogens (tertiary/aromatic N) is 2. The van der Waals surface area contributed by atoms with Crippen LogP contribution in [0, 0.1) is 0 Å². The monoisotopic (exact) mass is 436 g/mol. The van der Waals surface area contributed by atoms with Gasteiger partial charge in [0, 0.05) is 23.2 Å². The first-order valence-electron chi connectivity index (χ1n) is 12.0. The number of carbonyl (C=O) groups is 1. The van der Waals surface area contributed by atoms with Gasteiger partial charge in [-0.1, -0.05) is 0 Å². The van der Waals surface area contributed by atoms with E-state index in [0.29, 0.717) is 36.4 Å². The van der Waals surface area contributed by atoms with Crippen LogP contribution < -0.4 is 9.47 Å². The van der Waals surface area contributed by atoms with Crippen molar-refractivity contribution < 1.29 is 14.3 Å². The van der Waals surface area contributed by atoms with Crippen molar-refractivity contribution >= 4 is 5.78 Å². The van der Waals surface area contributed by atoms with Crippen molar-refractivity contribution in [1.82, 2.24) is 9.80 Å². The number of ketones is 1. The van der Waals surface area contributed by atoms with Crippen LogP contribution in [-0.2, 0) is 0 Å². The van der Waals surface area contributed by atoms with E-state index in [1.54, 1.807) is 0 Å². The molecule has 172 valence electrons. The Morgan fingerprint density at radius 1 is 0.750 bits per heavy atom. The number of hydrogen-bond donors (Lipinski definition) is 0. The van der Waals surface area contributed by atoms with Gasteiger partial charge in [0.1, 0.15) is 11.5 Å². The molecule has 2 aliphatic heterocycles. The molecule has 0 spiro atoms. The van der Waals surface area contributed by atoms with Gasteiger partial charge >= 0.3 is 0 Å². The summed E-state index contributed by atoms with van der Waals surface area (Å²) in [6.45, 7) is 3.79. The Bertz CT molecular complexity index is 794. The number of rotatable bonds is 10. The van der Waals surface area contributed by atoms with Gasteiger partial charge in [0.05, 0.1) is 13.2 Å². The van der Waals surface area contributed by atoms with Crippen LogP contribution in [0.3, 0.4) is 0 Å². The molecule has 2 aromatic carbocycles. The fraction of sp³-hybridized carbons (Fsp3) is 0.519. The summed E-state index contributed by atoms with van der Waals surface area (Å²) >= 11 is 0. The topological polar surface area (TPSA) is 42.0 Å². The molecular weight excluding hydrogens is 400 g/mol. The maximum Gasteiger partial charge on any atom is 0.193 e. The predicted molar refractivity (Wildman–Crippen MR) is 128 cm³/mol. The largest absolute Gasteiger partial charge is 0.494 e. The molecule has 0 bridgehead atoms. The zero-order valence-corrected chi connectivity index (χ0v) is 19.5. The van der Waals surface area contributed by atoms with Gasteiger partial charge < -0.3 is 19.3 Å². The summed E-state index contributed by atoms with van der Waals surface area (Å²) in [6, 6.07) is 16.2. The van der Waals surface area contributed by atoms with Crippen molar-refractivity contribution in [3.8, 4) is 11.5 Å². The Labute approximate surface area is 192 Å². The smallest absolute Gasteiger partial charge is 0.193 e. The lowest BCUT2D eigenvalue weighted by Gasteiger charge is -2.19. The van der Waals surface area contributed by atoms with Gasteiger partial charge in [-0.15, -0.1) is 0 Å². The van der Waals surface area contributed by atoms with Crippen LogP contribution in [0.15, 0.2) is 48.5 Å². The first-order chi connectivity index (χ1) is 15.6. The second-order valence-electron chi connectivity index (χ2n) is 9.21. The van der Waals surface area contributed by atoms with E-state index in [4.69, 9.17) is 9.47 Å². The summed E-state index contributed by atoms with van der Waals surface area (Å²) in [7, 11) is 4.37. The Kier molecular flexibility index (Phi) is 7.82. The normalized spacial score (nSPS) is 21.7. The zero-order chi connectivity index (χ0) is 22.3. The number of likely N-dealkylation sites (tertiary alicyclic amines) is 2. The highest BCUT2D eigenvalue weighted by molar-refractivity contribution is 6.09. The SMILES string of the molecule is CN1CCCC1CCOc1ccc(C(=O)c2ccc(OCCC3CCCN3C)cc2)cc1. The quantitative estimate of drug-likeness (QED) is 0.508. The molecule has 2 aromatic rings. The lowest BCUT2D eigenvalue weighted by atomic mass is 10.0. The fourth-order valence-electron chi connectivity index (χ4n) is 4.89.